The first kappa shape index (κ1) is 40.8. The summed E-state index contributed by atoms with van der Waals surface area (Å²) < 4.78 is 20.8. The maximum Gasteiger partial charge on any atom is 0.305 e. The summed E-state index contributed by atoms with van der Waals surface area (Å²) in [4.78, 5) is 23.7. The molecule has 2 fully saturated rings. The van der Waals surface area contributed by atoms with Crippen molar-refractivity contribution in [1.29, 1.82) is 0 Å². The summed E-state index contributed by atoms with van der Waals surface area (Å²) in [5.74, 6) is 2.66. The number of esters is 2. The third-order valence-corrected chi connectivity index (χ3v) is 10.6. The minimum atomic E-state index is -0.0744. The van der Waals surface area contributed by atoms with Crippen molar-refractivity contribution < 1.29 is 28.5 Å². The lowest BCUT2D eigenvalue weighted by Gasteiger charge is -2.39. The maximum absolute atomic E-state index is 11.9. The van der Waals surface area contributed by atoms with Crippen molar-refractivity contribution in [3.63, 3.8) is 0 Å². The highest BCUT2D eigenvalue weighted by Crippen LogP contribution is 2.43. The molecule has 0 aromatic carbocycles. The van der Waals surface area contributed by atoms with Gasteiger partial charge in [-0.25, -0.2) is 0 Å². The summed E-state index contributed by atoms with van der Waals surface area (Å²) in [6, 6.07) is 0. The minimum Gasteiger partial charge on any atom is -0.463 e. The van der Waals surface area contributed by atoms with Crippen molar-refractivity contribution in [2.24, 2.45) is 23.7 Å². The molecule has 0 radical (unpaired) electrons. The molecule has 1 aliphatic carbocycles. The van der Waals surface area contributed by atoms with Crippen molar-refractivity contribution >= 4 is 11.9 Å². The van der Waals surface area contributed by atoms with Crippen LogP contribution in [0.5, 0.6) is 0 Å². The monoisotopic (exact) mass is 673 g/mol. The van der Waals surface area contributed by atoms with Crippen molar-refractivity contribution in [2.45, 2.75) is 180 Å². The van der Waals surface area contributed by atoms with Gasteiger partial charge in [-0.15, -0.1) is 0 Å². The quantitative estimate of drug-likeness (QED) is 0.0316. The van der Waals surface area contributed by atoms with Crippen LogP contribution in [0.3, 0.4) is 0 Å². The third kappa shape index (κ3) is 19.5. The molecular formula is C42H72O6. The molecule has 2 heterocycles. The number of carbonyl (C=O) groups excluding carboxylic acids is 2. The zero-order valence-electron chi connectivity index (χ0n) is 31.0. The first-order chi connectivity index (χ1) is 23.6. The number of ether oxygens (including phenoxy) is 4. The van der Waals surface area contributed by atoms with E-state index in [1.807, 2.05) is 0 Å². The molecule has 3 rings (SSSR count). The Labute approximate surface area is 294 Å². The molecule has 2 saturated heterocycles. The van der Waals surface area contributed by atoms with Gasteiger partial charge in [-0.3, -0.25) is 9.59 Å². The van der Waals surface area contributed by atoms with E-state index in [0.29, 0.717) is 37.9 Å². The molecule has 0 amide bonds. The van der Waals surface area contributed by atoms with Crippen LogP contribution in [-0.2, 0) is 28.5 Å². The van der Waals surface area contributed by atoms with E-state index in [-0.39, 0.29) is 24.1 Å². The van der Waals surface area contributed by atoms with Gasteiger partial charge < -0.3 is 18.9 Å². The highest BCUT2D eigenvalue weighted by atomic mass is 16.6. The molecule has 6 nitrogen and oxygen atoms in total. The van der Waals surface area contributed by atoms with Gasteiger partial charge in [0.25, 0.3) is 0 Å². The molecule has 48 heavy (non-hydrogen) atoms. The average Bonchev–Trinajstić information content (AvgIpc) is 4.02. The van der Waals surface area contributed by atoms with Gasteiger partial charge in [-0.2, -0.15) is 0 Å². The topological polar surface area (TPSA) is 77.7 Å². The summed E-state index contributed by atoms with van der Waals surface area (Å²) in [5.41, 5.74) is 0. The summed E-state index contributed by atoms with van der Waals surface area (Å²) in [6.45, 7) is 6.96. The second kappa shape index (κ2) is 26.2. The molecule has 6 unspecified atom stereocenters. The Kier molecular flexibility index (Phi) is 22.2. The highest BCUT2D eigenvalue weighted by molar-refractivity contribution is 5.69. The van der Waals surface area contributed by atoms with Crippen molar-refractivity contribution in [1.82, 2.24) is 0 Å². The number of rotatable bonds is 31. The number of carbonyl (C=O) groups is 2. The number of epoxide rings is 2. The van der Waals surface area contributed by atoms with E-state index in [9.17, 15) is 9.59 Å². The Balaban J connectivity index is 1.42. The fraction of sp³-hybridized carbons (Fsp3) is 0.857. The van der Waals surface area contributed by atoms with Gasteiger partial charge in [0.2, 0.25) is 0 Å². The maximum atomic E-state index is 11.9. The smallest absolute Gasteiger partial charge is 0.305 e. The molecule has 6 atom stereocenters. The summed E-state index contributed by atoms with van der Waals surface area (Å²) >= 11 is 0. The normalized spacial score (nSPS) is 24.6. The largest absolute Gasteiger partial charge is 0.463 e. The minimum absolute atomic E-state index is 0.0704. The summed E-state index contributed by atoms with van der Waals surface area (Å²) in [5, 5.41) is 0. The predicted molar refractivity (Wildman–Crippen MR) is 196 cm³/mol. The van der Waals surface area contributed by atoms with Crippen LogP contribution in [0.1, 0.15) is 168 Å². The molecule has 0 spiro atoms. The van der Waals surface area contributed by atoms with E-state index in [1.165, 1.54) is 109 Å². The molecule has 0 saturated carbocycles. The van der Waals surface area contributed by atoms with Crippen LogP contribution in [0.25, 0.3) is 0 Å². The van der Waals surface area contributed by atoms with Crippen LogP contribution in [0.15, 0.2) is 24.3 Å². The highest BCUT2D eigenvalue weighted by Gasteiger charge is 2.33. The van der Waals surface area contributed by atoms with Crippen LogP contribution >= 0.6 is 0 Å². The van der Waals surface area contributed by atoms with Gasteiger partial charge in [0.05, 0.1) is 13.2 Å². The van der Waals surface area contributed by atoms with Crippen LogP contribution in [0.4, 0.5) is 0 Å². The van der Waals surface area contributed by atoms with Crippen molar-refractivity contribution in [2.75, 3.05) is 26.4 Å². The lowest BCUT2D eigenvalue weighted by molar-refractivity contribution is -0.145. The SMILES string of the molecule is CCCCCCC1C=CC(CCCCCCCC(=O)OCC2CO2)C(/C=C/CCCCCCCC(=O)OCC2CO2)C1CCCCCC. The van der Waals surface area contributed by atoms with Gasteiger partial charge in [0, 0.05) is 12.8 Å². The number of hydrogen-bond acceptors (Lipinski definition) is 6. The second-order valence-electron chi connectivity index (χ2n) is 15.0. The van der Waals surface area contributed by atoms with E-state index in [2.05, 4.69) is 38.2 Å². The lowest BCUT2D eigenvalue weighted by atomic mass is 9.66. The fourth-order valence-corrected chi connectivity index (χ4v) is 7.40. The lowest BCUT2D eigenvalue weighted by Crippen LogP contribution is -2.30. The predicted octanol–water partition coefficient (Wildman–Crippen LogP) is 10.9. The Morgan fingerprint density at radius 2 is 1.06 bits per heavy atom. The molecule has 6 heteroatoms. The molecule has 0 N–H and O–H groups in total. The second-order valence-corrected chi connectivity index (χ2v) is 15.0. The average molecular weight is 673 g/mol. The zero-order valence-corrected chi connectivity index (χ0v) is 31.0. The van der Waals surface area contributed by atoms with Crippen LogP contribution in [0.2, 0.25) is 0 Å². The van der Waals surface area contributed by atoms with E-state index < -0.39 is 0 Å². The number of hydrogen-bond donors (Lipinski definition) is 0. The molecular weight excluding hydrogens is 600 g/mol. The first-order valence-corrected chi connectivity index (χ1v) is 20.5. The molecule has 0 aromatic rings. The molecule has 3 aliphatic rings. The van der Waals surface area contributed by atoms with E-state index in [4.69, 9.17) is 18.9 Å². The summed E-state index contributed by atoms with van der Waals surface area (Å²) in [7, 11) is 0. The van der Waals surface area contributed by atoms with Gasteiger partial charge >= 0.3 is 11.9 Å². The molecule has 0 aromatic heterocycles. The molecule has 2 aliphatic heterocycles. The standard InChI is InChI=1S/C42H72O6/c1-3-5-7-17-23-35-29-30-36(24-18-13-12-16-22-28-42(44)48-34-38-32-46-38)40(39(35)25-19-8-6-4-2)26-20-14-10-9-11-15-21-27-41(43)47-33-37-31-45-37/h20,26,29-30,35-40H,3-19,21-25,27-28,31-34H2,1-2H3/b26-20+. The van der Waals surface area contributed by atoms with Crippen molar-refractivity contribution in [3.8, 4) is 0 Å². The summed E-state index contributed by atoms with van der Waals surface area (Å²) in [6.07, 6.45) is 39.2. The number of allylic oxidation sites excluding steroid dienone is 4. The van der Waals surface area contributed by atoms with Gasteiger partial charge in [0.15, 0.2) is 0 Å². The van der Waals surface area contributed by atoms with E-state index >= 15 is 0 Å². The first-order valence-electron chi connectivity index (χ1n) is 20.5. The van der Waals surface area contributed by atoms with Gasteiger partial charge in [-0.1, -0.05) is 134 Å². The Bertz CT molecular complexity index is 891. The third-order valence-electron chi connectivity index (χ3n) is 10.6. The van der Waals surface area contributed by atoms with Crippen LogP contribution < -0.4 is 0 Å². The van der Waals surface area contributed by atoms with E-state index in [1.54, 1.807) is 0 Å². The van der Waals surface area contributed by atoms with Crippen LogP contribution in [-0.4, -0.2) is 50.6 Å². The van der Waals surface area contributed by atoms with Gasteiger partial charge in [0.1, 0.15) is 25.4 Å². The fourth-order valence-electron chi connectivity index (χ4n) is 7.40. The van der Waals surface area contributed by atoms with Crippen LogP contribution in [0, 0.1) is 23.7 Å². The van der Waals surface area contributed by atoms with Gasteiger partial charge in [-0.05, 0) is 68.6 Å². The Morgan fingerprint density at radius 3 is 1.62 bits per heavy atom. The Hall–Kier alpha value is -1.66. The number of unbranched alkanes of at least 4 members (excludes halogenated alkanes) is 15. The van der Waals surface area contributed by atoms with Crippen molar-refractivity contribution in [3.05, 3.63) is 24.3 Å². The molecule has 276 valence electrons. The Morgan fingerprint density at radius 1 is 0.604 bits per heavy atom. The molecule has 0 bridgehead atoms. The van der Waals surface area contributed by atoms with E-state index in [0.717, 1.165) is 57.2 Å². The zero-order chi connectivity index (χ0) is 34.1.